The summed E-state index contributed by atoms with van der Waals surface area (Å²) in [5.41, 5.74) is 2.21. The Kier molecular flexibility index (Phi) is 6.38. The van der Waals surface area contributed by atoms with E-state index in [2.05, 4.69) is 18.9 Å². The molecule has 0 saturated carbocycles. The van der Waals surface area contributed by atoms with Crippen LogP contribution in [0.1, 0.15) is 62.0 Å². The second-order valence-electron chi connectivity index (χ2n) is 9.00. The Bertz CT molecular complexity index is 1110. The molecule has 0 amide bonds. The molecule has 3 heterocycles. The molecule has 1 aromatic heterocycles. The van der Waals surface area contributed by atoms with Crippen molar-refractivity contribution in [2.45, 2.75) is 51.6 Å². The van der Waals surface area contributed by atoms with Crippen LogP contribution < -0.4 is 19.9 Å². The van der Waals surface area contributed by atoms with Gasteiger partial charge in [-0.3, -0.25) is 14.5 Å². The highest BCUT2D eigenvalue weighted by Crippen LogP contribution is 2.50. The van der Waals surface area contributed by atoms with E-state index in [1.54, 1.807) is 13.3 Å². The summed E-state index contributed by atoms with van der Waals surface area (Å²) in [5.74, 6) is 0.693. The highest BCUT2D eigenvalue weighted by Gasteiger charge is 2.45. The third-order valence-corrected chi connectivity index (χ3v) is 6.41. The van der Waals surface area contributed by atoms with Gasteiger partial charge >= 0.3 is 5.97 Å². The van der Waals surface area contributed by atoms with Gasteiger partial charge in [-0.05, 0) is 51.3 Å². The molecule has 2 aliphatic rings. The predicted molar refractivity (Wildman–Crippen MR) is 125 cm³/mol. The van der Waals surface area contributed by atoms with Crippen LogP contribution >= 0.6 is 0 Å². The summed E-state index contributed by atoms with van der Waals surface area (Å²) in [5, 5.41) is 2.26. The average Bonchev–Trinajstić information content (AvgIpc) is 3.12. The van der Waals surface area contributed by atoms with Gasteiger partial charge in [-0.2, -0.15) is 0 Å². The first-order valence-corrected chi connectivity index (χ1v) is 11.4. The Balaban J connectivity index is 1.89. The normalized spacial score (nSPS) is 17.7. The lowest BCUT2D eigenvalue weighted by molar-refractivity contribution is 0.0598. The molecule has 0 spiro atoms. The lowest BCUT2D eigenvalue weighted by atomic mass is 9.93. The van der Waals surface area contributed by atoms with E-state index in [0.29, 0.717) is 31.3 Å². The van der Waals surface area contributed by atoms with Crippen molar-refractivity contribution in [3.05, 3.63) is 45.7 Å². The number of rotatable bonds is 8. The van der Waals surface area contributed by atoms with Crippen LogP contribution in [-0.2, 0) is 9.47 Å². The number of hydrogen-bond acceptors (Lipinski definition) is 7. The minimum atomic E-state index is -0.635. The van der Waals surface area contributed by atoms with Gasteiger partial charge in [-0.25, -0.2) is 4.79 Å². The number of hydrogen-bond donors (Lipinski definition) is 0. The van der Waals surface area contributed by atoms with E-state index in [4.69, 9.17) is 18.9 Å². The molecule has 2 aliphatic heterocycles. The smallest absolute Gasteiger partial charge is 0.343 e. The summed E-state index contributed by atoms with van der Waals surface area (Å²) < 4.78 is 23.9. The zero-order valence-electron chi connectivity index (χ0n) is 20.0. The molecule has 0 unspecified atom stereocenters. The van der Waals surface area contributed by atoms with Crippen LogP contribution in [0.25, 0.3) is 11.3 Å². The number of pyridine rings is 1. The zero-order valence-corrected chi connectivity index (χ0v) is 20.0. The van der Waals surface area contributed by atoms with Gasteiger partial charge in [0, 0.05) is 38.0 Å². The van der Waals surface area contributed by atoms with Crippen molar-refractivity contribution in [1.29, 1.82) is 0 Å². The summed E-state index contributed by atoms with van der Waals surface area (Å²) in [7, 11) is 2.96. The molecule has 8 nitrogen and oxygen atoms in total. The van der Waals surface area contributed by atoms with Crippen molar-refractivity contribution in [3.63, 3.8) is 0 Å². The molecule has 4 rings (SSSR count). The first-order chi connectivity index (χ1) is 15.8. The number of ether oxygens (including phenoxy) is 4. The van der Waals surface area contributed by atoms with E-state index in [1.165, 1.54) is 13.2 Å². The molecule has 2 aromatic rings. The van der Waals surface area contributed by atoms with Crippen LogP contribution in [-0.4, -0.2) is 50.2 Å². The fourth-order valence-electron chi connectivity index (χ4n) is 4.88. The molecule has 1 aromatic carbocycles. The largest absolute Gasteiger partial charge is 0.490 e. The molecule has 0 aliphatic carbocycles. The van der Waals surface area contributed by atoms with Crippen molar-refractivity contribution >= 4 is 5.97 Å². The Morgan fingerprint density at radius 2 is 1.88 bits per heavy atom. The van der Waals surface area contributed by atoms with Gasteiger partial charge in [0.2, 0.25) is 0 Å². The van der Waals surface area contributed by atoms with Crippen LogP contribution in [0.2, 0.25) is 0 Å². The summed E-state index contributed by atoms with van der Waals surface area (Å²) in [6, 6.07) is 5.60. The van der Waals surface area contributed by atoms with Crippen molar-refractivity contribution in [1.82, 2.24) is 4.68 Å². The topological polar surface area (TPSA) is 79.2 Å². The molecule has 0 N–H and O–H groups in total. The highest BCUT2D eigenvalue weighted by molar-refractivity contribution is 5.89. The SMILES string of the molecule is CCOc1cc2c(cc1OCCCOC)[C@H]1CCC(C)(C)N1n1cc(C(=O)OC)c(=O)cc1-2. The molecular formula is C25H32N2O6. The Morgan fingerprint density at radius 3 is 2.58 bits per heavy atom. The Morgan fingerprint density at radius 1 is 1.12 bits per heavy atom. The monoisotopic (exact) mass is 456 g/mol. The number of aromatic nitrogens is 1. The third-order valence-electron chi connectivity index (χ3n) is 6.41. The molecule has 178 valence electrons. The van der Waals surface area contributed by atoms with Crippen LogP contribution in [0.3, 0.4) is 0 Å². The lowest BCUT2D eigenvalue weighted by Gasteiger charge is -2.44. The molecule has 33 heavy (non-hydrogen) atoms. The van der Waals surface area contributed by atoms with Gasteiger partial charge in [0.25, 0.3) is 0 Å². The van der Waals surface area contributed by atoms with Gasteiger partial charge in [-0.15, -0.1) is 0 Å². The highest BCUT2D eigenvalue weighted by atomic mass is 16.5. The molecule has 0 bridgehead atoms. The van der Waals surface area contributed by atoms with Crippen molar-refractivity contribution in [2.75, 3.05) is 39.0 Å². The van der Waals surface area contributed by atoms with Crippen LogP contribution in [0.5, 0.6) is 11.5 Å². The van der Waals surface area contributed by atoms with Gasteiger partial charge < -0.3 is 18.9 Å². The maximum atomic E-state index is 12.8. The van der Waals surface area contributed by atoms with Gasteiger partial charge in [0.05, 0.1) is 37.6 Å². The lowest BCUT2D eigenvalue weighted by Crippen LogP contribution is -2.50. The number of carbonyl (C=O) groups excluding carboxylic acids is 1. The molecule has 1 atom stereocenters. The van der Waals surface area contributed by atoms with Crippen molar-refractivity contribution < 1.29 is 23.7 Å². The summed E-state index contributed by atoms with van der Waals surface area (Å²) in [6.07, 6.45) is 4.29. The number of benzene rings is 1. The molecule has 8 heteroatoms. The second kappa shape index (κ2) is 9.09. The number of methoxy groups -OCH3 is 2. The van der Waals surface area contributed by atoms with Crippen LogP contribution in [0.4, 0.5) is 0 Å². The van der Waals surface area contributed by atoms with Crippen molar-refractivity contribution in [2.24, 2.45) is 0 Å². The molecular weight excluding hydrogens is 424 g/mol. The van der Waals surface area contributed by atoms with E-state index >= 15 is 0 Å². The quantitative estimate of drug-likeness (QED) is 0.443. The van der Waals surface area contributed by atoms with E-state index in [1.807, 2.05) is 23.7 Å². The van der Waals surface area contributed by atoms with E-state index in [-0.39, 0.29) is 22.6 Å². The van der Waals surface area contributed by atoms with E-state index < -0.39 is 5.97 Å². The second-order valence-corrected chi connectivity index (χ2v) is 9.00. The zero-order chi connectivity index (χ0) is 23.8. The van der Waals surface area contributed by atoms with E-state index in [9.17, 15) is 9.59 Å². The first kappa shape index (κ1) is 23.2. The Labute approximate surface area is 194 Å². The number of nitrogens with zero attached hydrogens (tertiary/aromatic N) is 2. The summed E-state index contributed by atoms with van der Waals surface area (Å²) >= 11 is 0. The standard InChI is InChI=1S/C25H32N2O6/c1-6-32-22-13-17-16(12-23(22)33-11-7-10-30-4)19-8-9-25(2,3)27(19)26-15-18(24(29)31-5)21(28)14-20(17)26/h12-15,19H,6-11H2,1-5H3/t19-/m1/s1. The van der Waals surface area contributed by atoms with Gasteiger partial charge in [-0.1, -0.05) is 0 Å². The maximum absolute atomic E-state index is 12.8. The fraction of sp³-hybridized carbons (Fsp3) is 0.520. The minimum absolute atomic E-state index is 0.0225. The number of fused-ring (bicyclic) bond motifs is 6. The summed E-state index contributed by atoms with van der Waals surface area (Å²) in [4.78, 5) is 25.1. The average molecular weight is 457 g/mol. The number of esters is 1. The van der Waals surface area contributed by atoms with Crippen LogP contribution in [0.15, 0.2) is 29.2 Å². The number of carbonyl (C=O) groups is 1. The van der Waals surface area contributed by atoms with Crippen LogP contribution in [0, 0.1) is 0 Å². The van der Waals surface area contributed by atoms with Gasteiger partial charge in [0.15, 0.2) is 16.9 Å². The first-order valence-electron chi connectivity index (χ1n) is 11.4. The maximum Gasteiger partial charge on any atom is 0.343 e. The van der Waals surface area contributed by atoms with Gasteiger partial charge in [0.1, 0.15) is 5.56 Å². The predicted octanol–water partition coefficient (Wildman–Crippen LogP) is 3.68. The Hall–Kier alpha value is -3.00. The fourth-order valence-corrected chi connectivity index (χ4v) is 4.88. The molecule has 1 saturated heterocycles. The van der Waals surface area contributed by atoms with Crippen molar-refractivity contribution in [3.8, 4) is 22.8 Å². The molecule has 1 fully saturated rings. The minimum Gasteiger partial charge on any atom is -0.490 e. The van der Waals surface area contributed by atoms with E-state index in [0.717, 1.165) is 36.1 Å². The molecule has 0 radical (unpaired) electrons. The summed E-state index contributed by atoms with van der Waals surface area (Å²) in [6.45, 7) is 7.91. The third kappa shape index (κ3) is 4.08.